The zero-order chi connectivity index (χ0) is 11.3. The third kappa shape index (κ3) is 4.49. The second-order valence-electron chi connectivity index (χ2n) is 3.01. The highest BCUT2D eigenvalue weighted by atomic mass is 79.9. The molecule has 0 saturated heterocycles. The van der Waals surface area contributed by atoms with Crippen LogP contribution in [-0.4, -0.2) is 11.7 Å². The van der Waals surface area contributed by atoms with E-state index in [9.17, 15) is 0 Å². The Morgan fingerprint density at radius 1 is 1.40 bits per heavy atom. The van der Waals surface area contributed by atoms with E-state index in [1.165, 1.54) is 0 Å². The van der Waals surface area contributed by atoms with Crippen molar-refractivity contribution in [2.24, 2.45) is 0 Å². The normalized spacial score (nSPS) is 9.80. The van der Waals surface area contributed by atoms with Gasteiger partial charge in [-0.3, -0.25) is 0 Å². The minimum absolute atomic E-state index is 0.653. The number of halogens is 2. The fourth-order valence-electron chi connectivity index (χ4n) is 0.996. The Hall–Kier alpha value is -0.130. The van der Waals surface area contributed by atoms with Crippen LogP contribution in [0.2, 0.25) is 0 Å². The molecule has 0 heterocycles. The lowest BCUT2D eigenvalue weighted by Gasteiger charge is -2.11. The average molecular weight is 352 g/mol. The van der Waals surface area contributed by atoms with E-state index in [-0.39, 0.29) is 0 Å². The Morgan fingerprint density at radius 3 is 2.73 bits per heavy atom. The number of hydrogen-bond acceptors (Lipinski definition) is 1. The van der Waals surface area contributed by atoms with E-state index in [0.717, 1.165) is 27.6 Å². The molecule has 0 fully saturated rings. The zero-order valence-corrected chi connectivity index (χ0v) is 12.3. The molecule has 0 aliphatic heterocycles. The van der Waals surface area contributed by atoms with Gasteiger partial charge in [-0.05, 0) is 52.8 Å². The van der Waals surface area contributed by atoms with Crippen molar-refractivity contribution >= 4 is 54.9 Å². The standard InChI is InChI=1S/C10H12Br2N2S/c1-2-5-13-10(15)14-9-4-3-7(11)6-8(9)12/h3-4,6H,2,5H2,1H3,(H2,13,14,15). The molecule has 0 bridgehead atoms. The molecule has 15 heavy (non-hydrogen) atoms. The van der Waals surface area contributed by atoms with Gasteiger partial charge in [-0.25, -0.2) is 0 Å². The molecule has 0 saturated carbocycles. The highest BCUT2D eigenvalue weighted by molar-refractivity contribution is 9.11. The molecule has 0 radical (unpaired) electrons. The van der Waals surface area contributed by atoms with Gasteiger partial charge in [0.05, 0.1) is 5.69 Å². The van der Waals surface area contributed by atoms with Crippen molar-refractivity contribution in [2.45, 2.75) is 13.3 Å². The van der Waals surface area contributed by atoms with Gasteiger partial charge in [0.15, 0.2) is 5.11 Å². The lowest BCUT2D eigenvalue weighted by molar-refractivity contribution is 0.846. The molecule has 5 heteroatoms. The van der Waals surface area contributed by atoms with Crippen LogP contribution in [0.3, 0.4) is 0 Å². The molecule has 0 aliphatic carbocycles. The Labute approximate surface area is 112 Å². The molecule has 1 aromatic carbocycles. The van der Waals surface area contributed by atoms with Crippen LogP contribution < -0.4 is 10.6 Å². The number of hydrogen-bond donors (Lipinski definition) is 2. The van der Waals surface area contributed by atoms with Crippen LogP contribution in [0, 0.1) is 0 Å². The second-order valence-corrected chi connectivity index (χ2v) is 5.18. The summed E-state index contributed by atoms with van der Waals surface area (Å²) < 4.78 is 2.02. The first-order valence-electron chi connectivity index (χ1n) is 4.63. The lowest BCUT2D eigenvalue weighted by Crippen LogP contribution is -2.28. The molecule has 1 aromatic rings. The largest absolute Gasteiger partial charge is 0.362 e. The molecule has 0 aromatic heterocycles. The Balaban J connectivity index is 2.60. The summed E-state index contributed by atoms with van der Waals surface area (Å²) >= 11 is 12.0. The average Bonchev–Trinajstić information content (AvgIpc) is 2.19. The molecular weight excluding hydrogens is 340 g/mol. The number of thiocarbonyl (C=S) groups is 1. The monoisotopic (exact) mass is 350 g/mol. The predicted octanol–water partition coefficient (Wildman–Crippen LogP) is 3.91. The van der Waals surface area contributed by atoms with E-state index >= 15 is 0 Å². The van der Waals surface area contributed by atoms with Crippen molar-refractivity contribution in [1.29, 1.82) is 0 Å². The summed E-state index contributed by atoms with van der Waals surface area (Å²) in [5, 5.41) is 6.89. The number of benzene rings is 1. The Morgan fingerprint density at radius 2 is 2.13 bits per heavy atom. The summed E-state index contributed by atoms with van der Waals surface area (Å²) in [6, 6.07) is 5.91. The fourth-order valence-corrected chi connectivity index (χ4v) is 2.35. The third-order valence-corrected chi connectivity index (χ3v) is 3.11. The van der Waals surface area contributed by atoms with Gasteiger partial charge in [0.2, 0.25) is 0 Å². The molecule has 82 valence electrons. The summed E-state index contributed by atoms with van der Waals surface area (Å²) in [5.41, 5.74) is 0.965. The topological polar surface area (TPSA) is 24.1 Å². The summed E-state index contributed by atoms with van der Waals surface area (Å²) in [6.07, 6.45) is 1.06. The second kappa shape index (κ2) is 6.45. The van der Waals surface area contributed by atoms with E-state index in [2.05, 4.69) is 49.4 Å². The minimum Gasteiger partial charge on any atom is -0.362 e. The number of nitrogens with one attached hydrogen (secondary N) is 2. The van der Waals surface area contributed by atoms with Crippen molar-refractivity contribution < 1.29 is 0 Å². The van der Waals surface area contributed by atoms with Crippen LogP contribution in [0.15, 0.2) is 27.1 Å². The van der Waals surface area contributed by atoms with Crippen molar-refractivity contribution in [3.05, 3.63) is 27.1 Å². The van der Waals surface area contributed by atoms with Gasteiger partial charge in [-0.1, -0.05) is 22.9 Å². The SMILES string of the molecule is CCCNC(=S)Nc1ccc(Br)cc1Br. The molecule has 0 amide bonds. The van der Waals surface area contributed by atoms with Crippen LogP contribution in [0.25, 0.3) is 0 Å². The molecule has 0 spiro atoms. The van der Waals surface area contributed by atoms with Gasteiger partial charge in [0, 0.05) is 15.5 Å². The molecular formula is C10H12Br2N2S. The molecule has 0 unspecified atom stereocenters. The van der Waals surface area contributed by atoms with Crippen LogP contribution in [-0.2, 0) is 0 Å². The highest BCUT2D eigenvalue weighted by Gasteiger charge is 2.01. The summed E-state index contributed by atoms with van der Waals surface area (Å²) in [5.74, 6) is 0. The van der Waals surface area contributed by atoms with Crippen LogP contribution >= 0.6 is 44.1 Å². The first-order chi connectivity index (χ1) is 7.13. The van der Waals surface area contributed by atoms with E-state index in [1.54, 1.807) is 0 Å². The highest BCUT2D eigenvalue weighted by Crippen LogP contribution is 2.25. The van der Waals surface area contributed by atoms with Crippen molar-refractivity contribution in [2.75, 3.05) is 11.9 Å². The van der Waals surface area contributed by atoms with Gasteiger partial charge >= 0.3 is 0 Å². The lowest BCUT2D eigenvalue weighted by atomic mass is 10.3. The van der Waals surface area contributed by atoms with Crippen molar-refractivity contribution in [1.82, 2.24) is 5.32 Å². The molecule has 2 nitrogen and oxygen atoms in total. The molecule has 1 rings (SSSR count). The molecule has 0 aliphatic rings. The van der Waals surface area contributed by atoms with Gasteiger partial charge in [-0.15, -0.1) is 0 Å². The maximum Gasteiger partial charge on any atom is 0.170 e. The van der Waals surface area contributed by atoms with Gasteiger partial charge in [0.25, 0.3) is 0 Å². The van der Waals surface area contributed by atoms with Crippen molar-refractivity contribution in [3.8, 4) is 0 Å². The maximum atomic E-state index is 5.14. The number of rotatable bonds is 3. The zero-order valence-electron chi connectivity index (χ0n) is 8.31. The smallest absolute Gasteiger partial charge is 0.170 e. The van der Waals surface area contributed by atoms with Gasteiger partial charge < -0.3 is 10.6 Å². The van der Waals surface area contributed by atoms with Crippen LogP contribution in [0.1, 0.15) is 13.3 Å². The van der Waals surface area contributed by atoms with Gasteiger partial charge in [0.1, 0.15) is 0 Å². The van der Waals surface area contributed by atoms with Crippen molar-refractivity contribution in [3.63, 3.8) is 0 Å². The summed E-state index contributed by atoms with van der Waals surface area (Å²) in [7, 11) is 0. The van der Waals surface area contributed by atoms with Gasteiger partial charge in [-0.2, -0.15) is 0 Å². The maximum absolute atomic E-state index is 5.14. The van der Waals surface area contributed by atoms with E-state index < -0.39 is 0 Å². The summed E-state index contributed by atoms with van der Waals surface area (Å²) in [4.78, 5) is 0. The summed E-state index contributed by atoms with van der Waals surface area (Å²) in [6.45, 7) is 2.99. The quantitative estimate of drug-likeness (QED) is 0.807. The van der Waals surface area contributed by atoms with E-state index in [4.69, 9.17) is 12.2 Å². The first-order valence-corrected chi connectivity index (χ1v) is 6.63. The Bertz CT molecular complexity index is 355. The van der Waals surface area contributed by atoms with Crippen LogP contribution in [0.4, 0.5) is 5.69 Å². The predicted molar refractivity (Wildman–Crippen MR) is 76.4 cm³/mol. The van der Waals surface area contributed by atoms with E-state index in [1.807, 2.05) is 18.2 Å². The third-order valence-electron chi connectivity index (χ3n) is 1.71. The molecule has 2 N–H and O–H groups in total. The number of anilines is 1. The Kier molecular flexibility index (Phi) is 5.56. The molecule has 0 atom stereocenters. The van der Waals surface area contributed by atoms with Crippen LogP contribution in [0.5, 0.6) is 0 Å². The minimum atomic E-state index is 0.653. The fraction of sp³-hybridized carbons (Fsp3) is 0.300. The van der Waals surface area contributed by atoms with E-state index in [0.29, 0.717) is 5.11 Å². The first kappa shape index (κ1) is 12.9.